The maximum absolute atomic E-state index is 10.4. The minimum atomic E-state index is -0.728. The van der Waals surface area contributed by atoms with Crippen LogP contribution in [0.1, 0.15) is 37.1 Å². The molecular formula is C22H31ClIN5O. The van der Waals surface area contributed by atoms with Crippen LogP contribution in [0.4, 0.5) is 5.82 Å². The van der Waals surface area contributed by atoms with Gasteiger partial charge < -0.3 is 20.6 Å². The van der Waals surface area contributed by atoms with Gasteiger partial charge in [0.05, 0.1) is 6.54 Å². The van der Waals surface area contributed by atoms with Gasteiger partial charge in [-0.1, -0.05) is 35.9 Å². The lowest BCUT2D eigenvalue weighted by Crippen LogP contribution is -2.49. The third-order valence-corrected chi connectivity index (χ3v) is 5.41. The highest BCUT2D eigenvalue weighted by Gasteiger charge is 2.21. The van der Waals surface area contributed by atoms with Gasteiger partial charge in [-0.25, -0.2) is 4.98 Å². The molecule has 1 aromatic carbocycles. The highest BCUT2D eigenvalue weighted by atomic mass is 127. The van der Waals surface area contributed by atoms with Crippen molar-refractivity contribution in [3.63, 3.8) is 0 Å². The molecule has 1 atom stereocenters. The molecule has 3 N–H and O–H groups in total. The lowest BCUT2D eigenvalue weighted by molar-refractivity contribution is 0.187. The number of nitrogens with zero attached hydrogens (tertiary/aromatic N) is 3. The van der Waals surface area contributed by atoms with Gasteiger partial charge >= 0.3 is 0 Å². The molecule has 0 radical (unpaired) electrons. The van der Waals surface area contributed by atoms with Crippen LogP contribution in [0.15, 0.2) is 47.5 Å². The predicted molar refractivity (Wildman–Crippen MR) is 135 cm³/mol. The van der Waals surface area contributed by atoms with E-state index in [1.807, 2.05) is 38.1 Å². The number of guanidine groups is 1. The molecule has 30 heavy (non-hydrogen) atoms. The number of halogens is 2. The second-order valence-corrected chi connectivity index (χ2v) is 7.71. The summed E-state index contributed by atoms with van der Waals surface area (Å²) in [6, 6.07) is 13.8. The van der Waals surface area contributed by atoms with Crippen molar-refractivity contribution in [2.75, 3.05) is 31.1 Å². The van der Waals surface area contributed by atoms with Crippen LogP contribution in [0.5, 0.6) is 0 Å². The van der Waals surface area contributed by atoms with Gasteiger partial charge in [0.1, 0.15) is 11.9 Å². The van der Waals surface area contributed by atoms with Crippen molar-refractivity contribution in [2.24, 2.45) is 4.99 Å². The fraction of sp³-hybridized carbons (Fsp3) is 0.455. The molecule has 1 fully saturated rings. The molecule has 1 unspecified atom stereocenters. The summed E-state index contributed by atoms with van der Waals surface area (Å²) in [7, 11) is 0. The van der Waals surface area contributed by atoms with Crippen molar-refractivity contribution in [1.29, 1.82) is 0 Å². The number of nitrogens with one attached hydrogen (secondary N) is 2. The molecule has 0 saturated carbocycles. The van der Waals surface area contributed by atoms with E-state index >= 15 is 0 Å². The Balaban J connectivity index is 0.00000320. The zero-order chi connectivity index (χ0) is 20.6. The number of aliphatic hydroxyl groups is 1. The third-order valence-electron chi connectivity index (χ3n) is 5.06. The number of hydrogen-bond donors (Lipinski definition) is 3. The van der Waals surface area contributed by atoms with E-state index in [1.165, 1.54) is 0 Å². The molecular weight excluding hydrogens is 513 g/mol. The molecule has 1 saturated heterocycles. The zero-order valence-corrected chi connectivity index (χ0v) is 20.6. The number of aliphatic imine (C=N–C) groups is 1. The first kappa shape index (κ1) is 24.7. The maximum atomic E-state index is 10.4. The molecule has 0 aliphatic carbocycles. The lowest BCUT2D eigenvalue weighted by atomic mass is 10.1. The first-order valence-corrected chi connectivity index (χ1v) is 10.6. The molecule has 1 aromatic heterocycles. The van der Waals surface area contributed by atoms with E-state index in [0.717, 1.165) is 49.9 Å². The Morgan fingerprint density at radius 1 is 1.23 bits per heavy atom. The molecule has 1 aliphatic heterocycles. The summed E-state index contributed by atoms with van der Waals surface area (Å²) in [6.07, 6.45) is 1.29. The first-order valence-electron chi connectivity index (χ1n) is 10.2. The smallest absolute Gasteiger partial charge is 0.191 e. The zero-order valence-electron chi connectivity index (χ0n) is 17.5. The largest absolute Gasteiger partial charge is 0.386 e. The number of aliphatic hydroxyl groups excluding tert-OH is 1. The van der Waals surface area contributed by atoms with Crippen LogP contribution in [-0.4, -0.2) is 48.3 Å². The van der Waals surface area contributed by atoms with Gasteiger partial charge in [-0.3, -0.25) is 4.99 Å². The summed E-state index contributed by atoms with van der Waals surface area (Å²) in [5.74, 6) is 1.78. The first-order chi connectivity index (χ1) is 14.1. The Kier molecular flexibility index (Phi) is 10.1. The van der Waals surface area contributed by atoms with E-state index in [1.54, 1.807) is 6.07 Å². The normalized spacial score (nSPS) is 16.0. The van der Waals surface area contributed by atoms with E-state index in [9.17, 15) is 5.11 Å². The number of aromatic nitrogens is 1. The van der Waals surface area contributed by atoms with Crippen LogP contribution in [0, 0.1) is 6.92 Å². The number of anilines is 1. The van der Waals surface area contributed by atoms with Crippen molar-refractivity contribution in [3.05, 3.63) is 58.7 Å². The van der Waals surface area contributed by atoms with Crippen molar-refractivity contribution < 1.29 is 5.11 Å². The molecule has 2 heterocycles. The second kappa shape index (κ2) is 12.3. The van der Waals surface area contributed by atoms with Gasteiger partial charge in [-0.05, 0) is 44.9 Å². The predicted octanol–water partition coefficient (Wildman–Crippen LogP) is 3.92. The average molecular weight is 544 g/mol. The quantitative estimate of drug-likeness (QED) is 0.293. The Hall–Kier alpha value is -1.58. The lowest BCUT2D eigenvalue weighted by Gasteiger charge is -2.34. The van der Waals surface area contributed by atoms with Crippen molar-refractivity contribution in [3.8, 4) is 0 Å². The van der Waals surface area contributed by atoms with Gasteiger partial charge in [0, 0.05) is 42.0 Å². The monoisotopic (exact) mass is 543 g/mol. The molecule has 164 valence electrons. The number of hydrogen-bond acceptors (Lipinski definition) is 4. The molecule has 0 spiro atoms. The summed E-state index contributed by atoms with van der Waals surface area (Å²) >= 11 is 6.18. The fourth-order valence-corrected chi connectivity index (χ4v) is 3.75. The van der Waals surface area contributed by atoms with Crippen molar-refractivity contribution in [1.82, 2.24) is 15.6 Å². The average Bonchev–Trinajstić information content (AvgIpc) is 2.73. The van der Waals surface area contributed by atoms with Gasteiger partial charge in [0.25, 0.3) is 0 Å². The standard InChI is InChI=1S/C22H30ClN5O.HI/c1-3-24-22(25-15-20(29)18-8-4-5-9-19(18)23)27-17-11-13-28(14-12-17)21-10-6-7-16(2)26-21;/h4-10,17,20,29H,3,11-15H2,1-2H3,(H2,24,25,27);1H. The van der Waals surface area contributed by atoms with E-state index in [-0.39, 0.29) is 30.5 Å². The number of piperidine rings is 1. The fourth-order valence-electron chi connectivity index (χ4n) is 3.49. The molecule has 2 aromatic rings. The summed E-state index contributed by atoms with van der Waals surface area (Å²) in [5, 5.41) is 17.8. The summed E-state index contributed by atoms with van der Waals surface area (Å²) in [4.78, 5) is 11.5. The number of benzene rings is 1. The van der Waals surface area contributed by atoms with Crippen LogP contribution in [0.2, 0.25) is 5.02 Å². The molecule has 0 bridgehead atoms. The van der Waals surface area contributed by atoms with Crippen LogP contribution in [0.25, 0.3) is 0 Å². The van der Waals surface area contributed by atoms with Crippen LogP contribution in [0.3, 0.4) is 0 Å². The van der Waals surface area contributed by atoms with Gasteiger partial charge in [-0.2, -0.15) is 0 Å². The van der Waals surface area contributed by atoms with Crippen LogP contribution < -0.4 is 15.5 Å². The van der Waals surface area contributed by atoms with Crippen molar-refractivity contribution in [2.45, 2.75) is 38.8 Å². The van der Waals surface area contributed by atoms with Gasteiger partial charge in [0.15, 0.2) is 5.96 Å². The molecule has 3 rings (SSSR count). The minimum absolute atomic E-state index is 0. The molecule has 0 amide bonds. The van der Waals surface area contributed by atoms with Crippen molar-refractivity contribution >= 4 is 47.4 Å². The molecule has 6 nitrogen and oxygen atoms in total. The molecule has 8 heteroatoms. The van der Waals surface area contributed by atoms with Gasteiger partial charge in [0.2, 0.25) is 0 Å². The topological polar surface area (TPSA) is 72.8 Å². The van der Waals surface area contributed by atoms with Crippen LogP contribution >= 0.6 is 35.6 Å². The van der Waals surface area contributed by atoms with E-state index in [4.69, 9.17) is 11.6 Å². The minimum Gasteiger partial charge on any atom is -0.386 e. The Morgan fingerprint density at radius 3 is 2.63 bits per heavy atom. The van der Waals surface area contributed by atoms with Gasteiger partial charge in [-0.15, -0.1) is 24.0 Å². The van der Waals surface area contributed by atoms with E-state index in [2.05, 4.69) is 37.6 Å². The Bertz CT molecular complexity index is 827. The Morgan fingerprint density at radius 2 is 1.97 bits per heavy atom. The van der Waals surface area contributed by atoms with E-state index < -0.39 is 6.10 Å². The number of aryl methyl sites for hydroxylation is 1. The summed E-state index contributed by atoms with van der Waals surface area (Å²) in [6.45, 7) is 6.98. The maximum Gasteiger partial charge on any atom is 0.191 e. The summed E-state index contributed by atoms with van der Waals surface area (Å²) < 4.78 is 0. The molecule has 1 aliphatic rings. The highest BCUT2D eigenvalue weighted by Crippen LogP contribution is 2.22. The van der Waals surface area contributed by atoms with Crippen LogP contribution in [-0.2, 0) is 0 Å². The Labute approximate surface area is 201 Å². The second-order valence-electron chi connectivity index (χ2n) is 7.30. The summed E-state index contributed by atoms with van der Waals surface area (Å²) in [5.41, 5.74) is 1.74. The van der Waals surface area contributed by atoms with E-state index in [0.29, 0.717) is 16.6 Å². The number of rotatable bonds is 6. The number of pyridine rings is 1. The third kappa shape index (κ3) is 6.99. The SMILES string of the molecule is CCNC(=NCC(O)c1ccccc1Cl)NC1CCN(c2cccc(C)n2)CC1.I. The highest BCUT2D eigenvalue weighted by molar-refractivity contribution is 14.0.